The van der Waals surface area contributed by atoms with Gasteiger partial charge in [-0.1, -0.05) is 6.92 Å². The topological polar surface area (TPSA) is 77.9 Å². The summed E-state index contributed by atoms with van der Waals surface area (Å²) in [6.45, 7) is 3.53. The van der Waals surface area contributed by atoms with Gasteiger partial charge in [0.25, 0.3) is 5.91 Å². The Balaban J connectivity index is 1.67. The van der Waals surface area contributed by atoms with Crippen LogP contribution >= 0.6 is 0 Å². The monoisotopic (exact) mass is 330 g/mol. The van der Waals surface area contributed by atoms with Crippen LogP contribution in [0.5, 0.6) is 0 Å². The Bertz CT molecular complexity index is 655. The number of aliphatic carboxylic acids is 1. The molecule has 0 radical (unpaired) electrons. The molecule has 1 N–H and O–H groups in total. The van der Waals surface area contributed by atoms with E-state index in [-0.39, 0.29) is 23.7 Å². The van der Waals surface area contributed by atoms with Crippen molar-refractivity contribution in [2.24, 2.45) is 11.8 Å². The summed E-state index contributed by atoms with van der Waals surface area (Å²) >= 11 is 0. The number of hydrogen-bond donors (Lipinski definition) is 1. The lowest BCUT2D eigenvalue weighted by atomic mass is 9.87. The summed E-state index contributed by atoms with van der Waals surface area (Å²) in [6.07, 6.45) is 1.94. The third kappa shape index (κ3) is 3.13. The van der Waals surface area contributed by atoms with E-state index in [1.807, 2.05) is 19.1 Å². The lowest BCUT2D eigenvalue weighted by Gasteiger charge is -2.35. The van der Waals surface area contributed by atoms with E-state index in [2.05, 4.69) is 0 Å². The molecule has 2 atom stereocenters. The summed E-state index contributed by atoms with van der Waals surface area (Å²) in [5, 5.41) is 9.17. The SMILES string of the molecule is C[C@@H]1CN(C(=O)c2ccc(N3CCCC3=O)cc2)CC[C@@H]1C(=O)O. The molecule has 2 aliphatic rings. The number of hydrogen-bond acceptors (Lipinski definition) is 3. The minimum absolute atomic E-state index is 0.0540. The van der Waals surface area contributed by atoms with Crippen LogP contribution in [0.15, 0.2) is 24.3 Å². The minimum Gasteiger partial charge on any atom is -0.481 e. The number of benzene rings is 1. The van der Waals surface area contributed by atoms with Gasteiger partial charge in [0, 0.05) is 37.3 Å². The van der Waals surface area contributed by atoms with Gasteiger partial charge in [-0.25, -0.2) is 0 Å². The predicted octanol–water partition coefficient (Wildman–Crippen LogP) is 2.00. The number of anilines is 1. The van der Waals surface area contributed by atoms with Crippen molar-refractivity contribution in [2.45, 2.75) is 26.2 Å². The van der Waals surface area contributed by atoms with Crippen LogP contribution in [0.25, 0.3) is 0 Å². The Morgan fingerprint density at radius 3 is 2.42 bits per heavy atom. The molecule has 2 heterocycles. The van der Waals surface area contributed by atoms with Gasteiger partial charge in [0.2, 0.25) is 5.91 Å². The van der Waals surface area contributed by atoms with Crippen molar-refractivity contribution < 1.29 is 19.5 Å². The van der Waals surface area contributed by atoms with Crippen molar-refractivity contribution in [1.29, 1.82) is 0 Å². The lowest BCUT2D eigenvalue weighted by molar-refractivity contribution is -0.145. The number of carbonyl (C=O) groups excluding carboxylic acids is 2. The summed E-state index contributed by atoms with van der Waals surface area (Å²) in [6, 6.07) is 7.11. The van der Waals surface area contributed by atoms with E-state index in [0.29, 0.717) is 31.5 Å². The van der Waals surface area contributed by atoms with Crippen LogP contribution in [-0.2, 0) is 9.59 Å². The van der Waals surface area contributed by atoms with Crippen LogP contribution in [0.2, 0.25) is 0 Å². The van der Waals surface area contributed by atoms with Crippen LogP contribution < -0.4 is 4.90 Å². The Kier molecular flexibility index (Phi) is 4.55. The van der Waals surface area contributed by atoms with Gasteiger partial charge in [0.05, 0.1) is 5.92 Å². The van der Waals surface area contributed by atoms with Gasteiger partial charge in [-0.2, -0.15) is 0 Å². The van der Waals surface area contributed by atoms with E-state index in [1.54, 1.807) is 21.9 Å². The highest BCUT2D eigenvalue weighted by atomic mass is 16.4. The van der Waals surface area contributed by atoms with Crippen LogP contribution in [0.4, 0.5) is 5.69 Å². The fourth-order valence-electron chi connectivity index (χ4n) is 3.58. The largest absolute Gasteiger partial charge is 0.481 e. The fraction of sp³-hybridized carbons (Fsp3) is 0.500. The number of carboxylic acid groups (broad SMARTS) is 1. The first-order valence-corrected chi connectivity index (χ1v) is 8.40. The third-order valence-corrected chi connectivity index (χ3v) is 5.01. The van der Waals surface area contributed by atoms with E-state index in [9.17, 15) is 19.5 Å². The smallest absolute Gasteiger partial charge is 0.306 e. The molecule has 2 fully saturated rings. The molecule has 24 heavy (non-hydrogen) atoms. The molecule has 2 saturated heterocycles. The van der Waals surface area contributed by atoms with Crippen molar-refractivity contribution in [2.75, 3.05) is 24.5 Å². The molecule has 0 aromatic heterocycles. The summed E-state index contributed by atoms with van der Waals surface area (Å²) in [5.41, 5.74) is 1.40. The van der Waals surface area contributed by atoms with Crippen molar-refractivity contribution in [1.82, 2.24) is 4.90 Å². The van der Waals surface area contributed by atoms with E-state index in [4.69, 9.17) is 0 Å². The van der Waals surface area contributed by atoms with Crippen molar-refractivity contribution >= 4 is 23.5 Å². The molecule has 0 aliphatic carbocycles. The first-order chi connectivity index (χ1) is 11.5. The van der Waals surface area contributed by atoms with Gasteiger partial charge >= 0.3 is 5.97 Å². The molecule has 1 aromatic carbocycles. The average molecular weight is 330 g/mol. The first kappa shape index (κ1) is 16.5. The number of likely N-dealkylation sites (tertiary alicyclic amines) is 1. The van der Waals surface area contributed by atoms with Crippen molar-refractivity contribution in [3.8, 4) is 0 Å². The van der Waals surface area contributed by atoms with Crippen molar-refractivity contribution in [3.63, 3.8) is 0 Å². The zero-order valence-electron chi connectivity index (χ0n) is 13.8. The van der Waals surface area contributed by atoms with Gasteiger partial charge in [-0.15, -0.1) is 0 Å². The average Bonchev–Trinajstić information content (AvgIpc) is 3.00. The molecular weight excluding hydrogens is 308 g/mol. The molecule has 0 unspecified atom stereocenters. The Morgan fingerprint density at radius 1 is 1.17 bits per heavy atom. The zero-order valence-corrected chi connectivity index (χ0v) is 13.8. The molecule has 128 valence electrons. The summed E-state index contributed by atoms with van der Waals surface area (Å²) in [5.74, 6) is -1.17. The molecule has 6 heteroatoms. The maximum Gasteiger partial charge on any atom is 0.306 e. The molecule has 2 aliphatic heterocycles. The van der Waals surface area contributed by atoms with Crippen LogP contribution in [0.1, 0.15) is 36.5 Å². The maximum atomic E-state index is 12.6. The van der Waals surface area contributed by atoms with Gasteiger partial charge in [0.15, 0.2) is 0 Å². The predicted molar refractivity (Wildman–Crippen MR) is 88.8 cm³/mol. The van der Waals surface area contributed by atoms with E-state index < -0.39 is 5.97 Å². The first-order valence-electron chi connectivity index (χ1n) is 8.40. The highest BCUT2D eigenvalue weighted by Gasteiger charge is 2.33. The van der Waals surface area contributed by atoms with E-state index in [1.165, 1.54) is 0 Å². The molecule has 1 aromatic rings. The molecular formula is C18H22N2O4. The fourth-order valence-corrected chi connectivity index (χ4v) is 3.58. The van der Waals surface area contributed by atoms with Gasteiger partial charge in [0.1, 0.15) is 0 Å². The van der Waals surface area contributed by atoms with E-state index >= 15 is 0 Å². The van der Waals surface area contributed by atoms with Crippen LogP contribution in [0.3, 0.4) is 0 Å². The molecule has 6 nitrogen and oxygen atoms in total. The number of nitrogens with zero attached hydrogens (tertiary/aromatic N) is 2. The van der Waals surface area contributed by atoms with Crippen molar-refractivity contribution in [3.05, 3.63) is 29.8 Å². The maximum absolute atomic E-state index is 12.6. The molecule has 3 rings (SSSR count). The lowest BCUT2D eigenvalue weighted by Crippen LogP contribution is -2.45. The minimum atomic E-state index is -0.783. The summed E-state index contributed by atoms with van der Waals surface area (Å²) in [4.78, 5) is 39.0. The molecule has 0 spiro atoms. The number of piperidine rings is 1. The Labute approximate surface area is 141 Å². The quantitative estimate of drug-likeness (QED) is 0.919. The number of carboxylic acids is 1. The van der Waals surface area contributed by atoms with Gasteiger partial charge < -0.3 is 14.9 Å². The zero-order chi connectivity index (χ0) is 17.3. The number of amides is 2. The van der Waals surface area contributed by atoms with Crippen LogP contribution in [-0.4, -0.2) is 47.4 Å². The standard InChI is InChI=1S/C18H22N2O4/c1-12-11-19(10-8-15(12)18(23)24)17(22)13-4-6-14(7-5-13)20-9-2-3-16(20)21/h4-7,12,15H,2-3,8-11H2,1H3,(H,23,24)/t12-,15+/m1/s1. The Morgan fingerprint density at radius 2 is 1.88 bits per heavy atom. The normalized spacial score (nSPS) is 24.3. The third-order valence-electron chi connectivity index (χ3n) is 5.01. The van der Waals surface area contributed by atoms with Crippen LogP contribution in [0, 0.1) is 11.8 Å². The van der Waals surface area contributed by atoms with E-state index in [0.717, 1.165) is 18.7 Å². The van der Waals surface area contributed by atoms with Gasteiger partial charge in [-0.05, 0) is 43.0 Å². The molecule has 0 saturated carbocycles. The summed E-state index contributed by atoms with van der Waals surface area (Å²) in [7, 11) is 0. The Hall–Kier alpha value is -2.37. The molecule has 2 amide bonds. The second-order valence-electron chi connectivity index (χ2n) is 6.66. The second kappa shape index (κ2) is 6.63. The van der Waals surface area contributed by atoms with Gasteiger partial charge in [-0.3, -0.25) is 14.4 Å². The highest BCUT2D eigenvalue weighted by molar-refractivity contribution is 5.97. The molecule has 0 bridgehead atoms. The number of carbonyl (C=O) groups is 3. The number of rotatable bonds is 3. The highest BCUT2D eigenvalue weighted by Crippen LogP contribution is 2.26. The summed E-state index contributed by atoms with van der Waals surface area (Å²) < 4.78 is 0. The second-order valence-corrected chi connectivity index (χ2v) is 6.66.